The van der Waals surface area contributed by atoms with Crippen LogP contribution in [-0.2, 0) is 13.1 Å². The Morgan fingerprint density at radius 2 is 2.00 bits per heavy atom. The van der Waals surface area contributed by atoms with E-state index in [9.17, 15) is 0 Å². The van der Waals surface area contributed by atoms with Gasteiger partial charge >= 0.3 is 0 Å². The summed E-state index contributed by atoms with van der Waals surface area (Å²) in [5, 5.41) is 0. The Morgan fingerprint density at radius 1 is 1.22 bits per heavy atom. The van der Waals surface area contributed by atoms with Crippen molar-refractivity contribution in [3.05, 3.63) is 51.9 Å². The highest BCUT2D eigenvalue weighted by Gasteiger charge is 2.06. The molecular formula is C14H17BrN2O. The first-order chi connectivity index (χ1) is 8.54. The van der Waals surface area contributed by atoms with Gasteiger partial charge in [0.1, 0.15) is 11.5 Å². The molecule has 4 heteroatoms. The molecule has 1 aromatic carbocycles. The molecule has 0 bridgehead atoms. The molecule has 0 aliphatic heterocycles. The number of benzene rings is 1. The monoisotopic (exact) mass is 308 g/mol. The molecular weight excluding hydrogens is 292 g/mol. The summed E-state index contributed by atoms with van der Waals surface area (Å²) in [5.41, 5.74) is 7.76. The third-order valence-electron chi connectivity index (χ3n) is 2.74. The quantitative estimate of drug-likeness (QED) is 0.878. The highest BCUT2D eigenvalue weighted by Crippen LogP contribution is 2.21. The zero-order valence-electron chi connectivity index (χ0n) is 10.6. The van der Waals surface area contributed by atoms with Crippen molar-refractivity contribution < 1.29 is 4.42 Å². The number of nitrogens with two attached hydrogens (primary N) is 1. The highest BCUT2D eigenvalue weighted by atomic mass is 79.9. The Balaban J connectivity index is 1.98. The van der Waals surface area contributed by atoms with Gasteiger partial charge in [0.2, 0.25) is 0 Å². The lowest BCUT2D eigenvalue weighted by Crippen LogP contribution is -2.16. The van der Waals surface area contributed by atoms with Crippen LogP contribution in [0.5, 0.6) is 0 Å². The minimum atomic E-state index is 0.767. The summed E-state index contributed by atoms with van der Waals surface area (Å²) in [5.74, 6) is 1.94. The topological polar surface area (TPSA) is 42.4 Å². The summed E-state index contributed by atoms with van der Waals surface area (Å²) < 4.78 is 6.51. The van der Waals surface area contributed by atoms with E-state index in [-0.39, 0.29) is 0 Å². The third-order valence-corrected chi connectivity index (χ3v) is 3.43. The predicted molar refractivity (Wildman–Crippen MR) is 77.2 cm³/mol. The van der Waals surface area contributed by atoms with E-state index in [0.29, 0.717) is 0 Å². The van der Waals surface area contributed by atoms with E-state index in [1.807, 2.05) is 31.2 Å². The standard InChI is InChI=1S/C14H17BrN2O/c1-10-3-5-12(18-10)9-17(2)8-11-4-6-14(16)13(15)7-11/h3-7H,8-9,16H2,1-2H3. The molecule has 2 aromatic rings. The number of aryl methyl sites for hydroxylation is 1. The molecule has 1 aromatic heterocycles. The lowest BCUT2D eigenvalue weighted by Gasteiger charge is -2.15. The average molecular weight is 309 g/mol. The maximum Gasteiger partial charge on any atom is 0.118 e. The van der Waals surface area contributed by atoms with Crippen LogP contribution in [0.2, 0.25) is 0 Å². The molecule has 0 atom stereocenters. The van der Waals surface area contributed by atoms with Crippen LogP contribution in [0.1, 0.15) is 17.1 Å². The summed E-state index contributed by atoms with van der Waals surface area (Å²) in [4.78, 5) is 2.20. The Labute approximate surface area is 116 Å². The maximum absolute atomic E-state index is 5.77. The second kappa shape index (κ2) is 5.59. The van der Waals surface area contributed by atoms with E-state index >= 15 is 0 Å². The number of hydrogen-bond donors (Lipinski definition) is 1. The van der Waals surface area contributed by atoms with Crippen LogP contribution in [0.4, 0.5) is 5.69 Å². The Hall–Kier alpha value is -1.26. The van der Waals surface area contributed by atoms with Gasteiger partial charge in [0.15, 0.2) is 0 Å². The van der Waals surface area contributed by atoms with Crippen LogP contribution < -0.4 is 5.73 Å². The zero-order valence-corrected chi connectivity index (χ0v) is 12.2. The lowest BCUT2D eigenvalue weighted by atomic mass is 10.2. The first-order valence-corrected chi connectivity index (χ1v) is 6.61. The molecule has 0 aliphatic rings. The van der Waals surface area contributed by atoms with E-state index in [2.05, 4.69) is 33.9 Å². The summed E-state index contributed by atoms with van der Waals surface area (Å²) in [6, 6.07) is 10.0. The summed E-state index contributed by atoms with van der Waals surface area (Å²) >= 11 is 3.44. The van der Waals surface area contributed by atoms with Gasteiger partial charge in [-0.3, -0.25) is 4.90 Å². The van der Waals surface area contributed by atoms with Gasteiger partial charge in [-0.05, 0) is 59.7 Å². The molecule has 0 radical (unpaired) electrons. The molecule has 0 aliphatic carbocycles. The fourth-order valence-corrected chi connectivity index (χ4v) is 2.30. The van der Waals surface area contributed by atoms with Crippen molar-refractivity contribution in [2.75, 3.05) is 12.8 Å². The Morgan fingerprint density at radius 3 is 2.61 bits per heavy atom. The second-order valence-electron chi connectivity index (χ2n) is 4.54. The van der Waals surface area contributed by atoms with E-state index in [0.717, 1.165) is 34.8 Å². The molecule has 2 N–H and O–H groups in total. The molecule has 0 fully saturated rings. The van der Waals surface area contributed by atoms with Crippen LogP contribution in [0.15, 0.2) is 39.2 Å². The fourth-order valence-electron chi connectivity index (χ4n) is 1.87. The highest BCUT2D eigenvalue weighted by molar-refractivity contribution is 9.10. The van der Waals surface area contributed by atoms with Gasteiger partial charge in [0.05, 0.1) is 6.54 Å². The predicted octanol–water partition coefficient (Wildman–Crippen LogP) is 3.56. The maximum atomic E-state index is 5.77. The number of furan rings is 1. The number of anilines is 1. The number of hydrogen-bond acceptors (Lipinski definition) is 3. The molecule has 96 valence electrons. The lowest BCUT2D eigenvalue weighted by molar-refractivity contribution is 0.285. The van der Waals surface area contributed by atoms with E-state index in [1.165, 1.54) is 5.56 Å². The van der Waals surface area contributed by atoms with Crippen molar-refractivity contribution in [2.24, 2.45) is 0 Å². The SMILES string of the molecule is Cc1ccc(CN(C)Cc2ccc(N)c(Br)c2)o1. The summed E-state index contributed by atoms with van der Waals surface area (Å²) in [6.07, 6.45) is 0. The van der Waals surface area contributed by atoms with Gasteiger partial charge in [-0.25, -0.2) is 0 Å². The van der Waals surface area contributed by atoms with E-state index < -0.39 is 0 Å². The molecule has 18 heavy (non-hydrogen) atoms. The van der Waals surface area contributed by atoms with Gasteiger partial charge in [-0.2, -0.15) is 0 Å². The molecule has 0 spiro atoms. The second-order valence-corrected chi connectivity index (χ2v) is 5.39. The van der Waals surface area contributed by atoms with Gasteiger partial charge < -0.3 is 10.2 Å². The van der Waals surface area contributed by atoms with Gasteiger partial charge in [0, 0.05) is 16.7 Å². The average Bonchev–Trinajstić information content (AvgIpc) is 2.69. The van der Waals surface area contributed by atoms with E-state index in [4.69, 9.17) is 10.2 Å². The summed E-state index contributed by atoms with van der Waals surface area (Å²) in [6.45, 7) is 3.62. The Bertz CT molecular complexity index is 536. The number of halogens is 1. The molecule has 1 heterocycles. The largest absolute Gasteiger partial charge is 0.465 e. The molecule has 0 saturated carbocycles. The smallest absolute Gasteiger partial charge is 0.118 e. The van der Waals surface area contributed by atoms with Crippen molar-refractivity contribution in [1.29, 1.82) is 0 Å². The normalized spacial score (nSPS) is 11.1. The van der Waals surface area contributed by atoms with Crippen molar-refractivity contribution >= 4 is 21.6 Å². The van der Waals surface area contributed by atoms with Crippen LogP contribution in [-0.4, -0.2) is 11.9 Å². The minimum Gasteiger partial charge on any atom is -0.465 e. The minimum absolute atomic E-state index is 0.767. The first-order valence-electron chi connectivity index (χ1n) is 5.82. The van der Waals surface area contributed by atoms with Crippen LogP contribution in [0.3, 0.4) is 0 Å². The van der Waals surface area contributed by atoms with Crippen molar-refractivity contribution in [3.63, 3.8) is 0 Å². The number of nitrogens with zero attached hydrogens (tertiary/aromatic N) is 1. The van der Waals surface area contributed by atoms with Gasteiger partial charge in [-0.1, -0.05) is 6.07 Å². The third kappa shape index (κ3) is 3.37. The van der Waals surface area contributed by atoms with Crippen LogP contribution >= 0.6 is 15.9 Å². The molecule has 0 saturated heterocycles. The van der Waals surface area contributed by atoms with E-state index in [1.54, 1.807) is 0 Å². The molecule has 0 amide bonds. The summed E-state index contributed by atoms with van der Waals surface area (Å²) in [7, 11) is 2.07. The van der Waals surface area contributed by atoms with Crippen molar-refractivity contribution in [3.8, 4) is 0 Å². The Kier molecular flexibility index (Phi) is 4.09. The van der Waals surface area contributed by atoms with Crippen LogP contribution in [0.25, 0.3) is 0 Å². The molecule has 0 unspecified atom stereocenters. The van der Waals surface area contributed by atoms with Crippen molar-refractivity contribution in [2.45, 2.75) is 20.0 Å². The molecule has 3 nitrogen and oxygen atoms in total. The van der Waals surface area contributed by atoms with Crippen molar-refractivity contribution in [1.82, 2.24) is 4.90 Å². The molecule has 2 rings (SSSR count). The zero-order chi connectivity index (χ0) is 13.1. The number of rotatable bonds is 4. The van der Waals surface area contributed by atoms with Crippen LogP contribution in [0, 0.1) is 6.92 Å². The number of nitrogen functional groups attached to an aromatic ring is 1. The van der Waals surface area contributed by atoms with Gasteiger partial charge in [0.25, 0.3) is 0 Å². The first kappa shape index (κ1) is 13.2. The van der Waals surface area contributed by atoms with Gasteiger partial charge in [-0.15, -0.1) is 0 Å². The fraction of sp³-hybridized carbons (Fsp3) is 0.286.